The molecule has 0 saturated heterocycles. The maximum absolute atomic E-state index is 11.8. The van der Waals surface area contributed by atoms with Crippen LogP contribution >= 0.6 is 0 Å². The molecule has 3 heteroatoms. The molecule has 2 N–H and O–H groups in total. The van der Waals surface area contributed by atoms with Crippen molar-refractivity contribution in [3.05, 3.63) is 30.3 Å². The van der Waals surface area contributed by atoms with E-state index in [1.54, 1.807) is 0 Å². The monoisotopic (exact) mass is 260 g/mol. The van der Waals surface area contributed by atoms with Gasteiger partial charge in [0, 0.05) is 11.7 Å². The van der Waals surface area contributed by atoms with Crippen LogP contribution in [0, 0.1) is 5.41 Å². The first kappa shape index (κ1) is 14.1. The van der Waals surface area contributed by atoms with Gasteiger partial charge in [0.05, 0.1) is 6.54 Å². The van der Waals surface area contributed by atoms with Crippen molar-refractivity contribution in [1.82, 2.24) is 5.32 Å². The first-order valence-electron chi connectivity index (χ1n) is 7.13. The summed E-state index contributed by atoms with van der Waals surface area (Å²) in [5.41, 5.74) is 1.34. The first-order chi connectivity index (χ1) is 9.05. The zero-order valence-electron chi connectivity index (χ0n) is 11.9. The van der Waals surface area contributed by atoms with Crippen molar-refractivity contribution in [2.75, 3.05) is 11.9 Å². The van der Waals surface area contributed by atoms with Crippen LogP contribution in [0.25, 0.3) is 0 Å². The third-order valence-electron chi connectivity index (χ3n) is 3.95. The summed E-state index contributed by atoms with van der Waals surface area (Å²) in [6.45, 7) is 5.05. The number of nitrogens with one attached hydrogen (secondary N) is 2. The van der Waals surface area contributed by atoms with E-state index in [9.17, 15) is 4.79 Å². The molecule has 0 aromatic heterocycles. The van der Waals surface area contributed by atoms with Crippen LogP contribution in [0.15, 0.2) is 30.3 Å². The molecule has 2 rings (SSSR count). The first-order valence-corrected chi connectivity index (χ1v) is 7.13. The summed E-state index contributed by atoms with van der Waals surface area (Å²) in [5, 5.41) is 6.26. The molecule has 0 aliphatic heterocycles. The summed E-state index contributed by atoms with van der Waals surface area (Å²) >= 11 is 0. The number of benzene rings is 1. The molecule has 0 radical (unpaired) electrons. The molecule has 104 valence electrons. The fourth-order valence-electron chi connectivity index (χ4n) is 2.57. The fourth-order valence-corrected chi connectivity index (χ4v) is 2.57. The van der Waals surface area contributed by atoms with Crippen LogP contribution in [0.4, 0.5) is 5.69 Å². The molecule has 0 spiro atoms. The summed E-state index contributed by atoms with van der Waals surface area (Å²) in [4.78, 5) is 11.8. The highest BCUT2D eigenvalue weighted by Gasteiger charge is 2.26. The summed E-state index contributed by atoms with van der Waals surface area (Å²) < 4.78 is 0. The van der Waals surface area contributed by atoms with Crippen LogP contribution in [-0.4, -0.2) is 18.5 Å². The maximum Gasteiger partial charge on any atom is 0.238 e. The van der Waals surface area contributed by atoms with E-state index in [4.69, 9.17) is 0 Å². The number of amides is 1. The van der Waals surface area contributed by atoms with Crippen molar-refractivity contribution >= 4 is 11.6 Å². The fraction of sp³-hybridized carbons (Fsp3) is 0.562. The lowest BCUT2D eigenvalue weighted by Gasteiger charge is -2.34. The second-order valence-corrected chi connectivity index (χ2v) is 6.23. The van der Waals surface area contributed by atoms with Gasteiger partial charge < -0.3 is 10.6 Å². The van der Waals surface area contributed by atoms with E-state index >= 15 is 0 Å². The Kier molecular flexibility index (Phi) is 4.59. The minimum atomic E-state index is 0.0380. The van der Waals surface area contributed by atoms with Crippen LogP contribution in [-0.2, 0) is 4.79 Å². The molecular formula is C16H24N2O. The van der Waals surface area contributed by atoms with E-state index in [-0.39, 0.29) is 5.91 Å². The van der Waals surface area contributed by atoms with E-state index < -0.39 is 0 Å². The molecular weight excluding hydrogens is 236 g/mol. The smallest absolute Gasteiger partial charge is 0.238 e. The lowest BCUT2D eigenvalue weighted by atomic mass is 9.75. The number of hydrogen-bond donors (Lipinski definition) is 2. The Morgan fingerprint density at radius 1 is 1.21 bits per heavy atom. The number of carbonyl (C=O) groups is 1. The highest BCUT2D eigenvalue weighted by Crippen LogP contribution is 2.34. The van der Waals surface area contributed by atoms with Crippen LogP contribution in [0.5, 0.6) is 0 Å². The Bertz CT molecular complexity index is 404. The average Bonchev–Trinajstić information content (AvgIpc) is 2.39. The molecule has 0 unspecified atom stereocenters. The number of anilines is 1. The summed E-state index contributed by atoms with van der Waals surface area (Å²) in [6, 6.07) is 10.1. The second kappa shape index (κ2) is 6.20. The summed E-state index contributed by atoms with van der Waals surface area (Å²) in [5.74, 6) is 0.0380. The van der Waals surface area contributed by atoms with Gasteiger partial charge in [-0.15, -0.1) is 0 Å². The van der Waals surface area contributed by atoms with Crippen LogP contribution in [0.3, 0.4) is 0 Å². The van der Waals surface area contributed by atoms with Gasteiger partial charge in [0.25, 0.3) is 0 Å². The van der Waals surface area contributed by atoms with Crippen LogP contribution < -0.4 is 10.6 Å². The molecule has 1 aliphatic carbocycles. The van der Waals surface area contributed by atoms with E-state index in [2.05, 4.69) is 24.5 Å². The molecule has 1 fully saturated rings. The highest BCUT2D eigenvalue weighted by atomic mass is 16.1. The second-order valence-electron chi connectivity index (χ2n) is 6.23. The van der Waals surface area contributed by atoms with E-state index in [0.717, 1.165) is 5.69 Å². The van der Waals surface area contributed by atoms with E-state index in [0.29, 0.717) is 18.0 Å². The highest BCUT2D eigenvalue weighted by molar-refractivity contribution is 5.92. The van der Waals surface area contributed by atoms with Gasteiger partial charge in [-0.25, -0.2) is 0 Å². The maximum atomic E-state index is 11.8. The summed E-state index contributed by atoms with van der Waals surface area (Å²) in [6.07, 6.45) is 4.83. The summed E-state index contributed by atoms with van der Waals surface area (Å²) in [7, 11) is 0. The third kappa shape index (κ3) is 4.67. The Morgan fingerprint density at radius 2 is 1.84 bits per heavy atom. The third-order valence-corrected chi connectivity index (χ3v) is 3.95. The van der Waals surface area contributed by atoms with E-state index in [1.807, 2.05) is 30.3 Å². The topological polar surface area (TPSA) is 41.1 Å². The van der Waals surface area contributed by atoms with Gasteiger partial charge >= 0.3 is 0 Å². The van der Waals surface area contributed by atoms with Crippen molar-refractivity contribution in [3.8, 4) is 0 Å². The number of carbonyl (C=O) groups excluding carboxylic acids is 1. The molecule has 1 saturated carbocycles. The zero-order chi connectivity index (χ0) is 13.7. The van der Waals surface area contributed by atoms with Gasteiger partial charge in [-0.2, -0.15) is 0 Å². The van der Waals surface area contributed by atoms with Gasteiger partial charge in [-0.3, -0.25) is 4.79 Å². The van der Waals surface area contributed by atoms with Crippen molar-refractivity contribution < 1.29 is 4.79 Å². The number of hydrogen-bond acceptors (Lipinski definition) is 2. The van der Waals surface area contributed by atoms with Crippen molar-refractivity contribution in [1.29, 1.82) is 0 Å². The SMILES string of the molecule is CC1(C)CCC(NCC(=O)Nc2ccccc2)CC1. The molecule has 0 bridgehead atoms. The van der Waals surface area contributed by atoms with Crippen molar-refractivity contribution in [3.63, 3.8) is 0 Å². The number of para-hydroxylation sites is 1. The standard InChI is InChI=1S/C16H24N2O/c1-16(2)10-8-13(9-11-16)17-12-15(19)18-14-6-4-3-5-7-14/h3-7,13,17H,8-12H2,1-2H3,(H,18,19). The Morgan fingerprint density at radius 3 is 2.47 bits per heavy atom. The zero-order valence-corrected chi connectivity index (χ0v) is 11.9. The predicted molar refractivity (Wildman–Crippen MR) is 79.1 cm³/mol. The van der Waals surface area contributed by atoms with Gasteiger partial charge in [0.2, 0.25) is 5.91 Å². The van der Waals surface area contributed by atoms with Gasteiger partial charge in [-0.05, 0) is 43.2 Å². The normalized spacial score (nSPS) is 19.1. The van der Waals surface area contributed by atoms with Crippen LogP contribution in [0.1, 0.15) is 39.5 Å². The van der Waals surface area contributed by atoms with E-state index in [1.165, 1.54) is 25.7 Å². The van der Waals surface area contributed by atoms with Crippen molar-refractivity contribution in [2.24, 2.45) is 5.41 Å². The molecule has 1 aromatic rings. The Labute approximate surface area is 115 Å². The van der Waals surface area contributed by atoms with Crippen molar-refractivity contribution in [2.45, 2.75) is 45.6 Å². The minimum Gasteiger partial charge on any atom is -0.325 e. The molecule has 3 nitrogen and oxygen atoms in total. The van der Waals surface area contributed by atoms with Gasteiger partial charge in [-0.1, -0.05) is 32.0 Å². The molecule has 0 atom stereocenters. The Balaban J connectivity index is 1.70. The number of rotatable bonds is 4. The van der Waals surface area contributed by atoms with Gasteiger partial charge in [0.15, 0.2) is 0 Å². The predicted octanol–water partition coefficient (Wildman–Crippen LogP) is 3.18. The quantitative estimate of drug-likeness (QED) is 0.873. The lowest BCUT2D eigenvalue weighted by Crippen LogP contribution is -2.39. The van der Waals surface area contributed by atoms with Gasteiger partial charge in [0.1, 0.15) is 0 Å². The Hall–Kier alpha value is -1.35. The minimum absolute atomic E-state index is 0.0380. The molecule has 0 heterocycles. The molecule has 1 aromatic carbocycles. The molecule has 1 aliphatic rings. The van der Waals surface area contributed by atoms with Crippen LogP contribution in [0.2, 0.25) is 0 Å². The lowest BCUT2D eigenvalue weighted by molar-refractivity contribution is -0.115. The average molecular weight is 260 g/mol. The largest absolute Gasteiger partial charge is 0.325 e. The molecule has 19 heavy (non-hydrogen) atoms. The molecule has 1 amide bonds.